The summed E-state index contributed by atoms with van der Waals surface area (Å²) in [5.41, 5.74) is 1.08. The standard InChI is InChI=1S/C19H21N3O6/c1-3-27-16-7-13-6-12(2)28-17(13)8-14(16)9-20-18(23)11-21-10-15(22(25)26)4-5-19(21)24/h4-5,7-8,10,12H,3,6,9,11H2,1-2H3,(H,20,23)/t12-/m1/s1. The van der Waals surface area contributed by atoms with E-state index in [1.807, 2.05) is 26.0 Å². The molecule has 0 saturated heterocycles. The Morgan fingerprint density at radius 3 is 2.93 bits per heavy atom. The van der Waals surface area contributed by atoms with E-state index in [1.165, 1.54) is 0 Å². The molecular formula is C19H21N3O6. The molecule has 1 atom stereocenters. The maximum Gasteiger partial charge on any atom is 0.285 e. The molecule has 1 aliphatic rings. The van der Waals surface area contributed by atoms with Crippen LogP contribution in [0.2, 0.25) is 0 Å². The van der Waals surface area contributed by atoms with Crippen LogP contribution >= 0.6 is 0 Å². The Bertz CT molecular complexity index is 969. The van der Waals surface area contributed by atoms with Crippen LogP contribution in [0.5, 0.6) is 11.5 Å². The summed E-state index contributed by atoms with van der Waals surface area (Å²) in [4.78, 5) is 34.3. The molecule has 1 aliphatic heterocycles. The number of carbonyl (C=O) groups is 1. The molecule has 2 heterocycles. The fourth-order valence-corrected chi connectivity index (χ4v) is 3.06. The summed E-state index contributed by atoms with van der Waals surface area (Å²) in [6.07, 6.45) is 1.95. The Morgan fingerprint density at radius 1 is 1.43 bits per heavy atom. The topological polar surface area (TPSA) is 113 Å². The average molecular weight is 387 g/mol. The number of nitrogens with one attached hydrogen (secondary N) is 1. The zero-order valence-corrected chi connectivity index (χ0v) is 15.6. The molecule has 1 aromatic heterocycles. The SMILES string of the molecule is CCOc1cc2c(cc1CNC(=O)Cn1cc([N+](=O)[O-])ccc1=O)O[C@H](C)C2. The van der Waals surface area contributed by atoms with Crippen molar-refractivity contribution in [1.82, 2.24) is 9.88 Å². The van der Waals surface area contributed by atoms with Gasteiger partial charge in [-0.3, -0.25) is 24.3 Å². The molecule has 9 heteroatoms. The number of aromatic nitrogens is 1. The molecule has 1 aromatic carbocycles. The smallest absolute Gasteiger partial charge is 0.285 e. The Labute approximate surface area is 161 Å². The number of benzene rings is 1. The van der Waals surface area contributed by atoms with Gasteiger partial charge in [0, 0.05) is 36.2 Å². The Morgan fingerprint density at radius 2 is 2.21 bits per heavy atom. The van der Waals surface area contributed by atoms with Crippen molar-refractivity contribution >= 4 is 11.6 Å². The van der Waals surface area contributed by atoms with Crippen molar-refractivity contribution in [2.24, 2.45) is 0 Å². The first kappa shape index (κ1) is 19.4. The summed E-state index contributed by atoms with van der Waals surface area (Å²) >= 11 is 0. The van der Waals surface area contributed by atoms with Crippen LogP contribution in [0.25, 0.3) is 0 Å². The largest absolute Gasteiger partial charge is 0.494 e. The molecule has 0 fully saturated rings. The number of pyridine rings is 1. The maximum atomic E-state index is 12.3. The second-order valence-corrected chi connectivity index (χ2v) is 6.52. The normalized spacial score (nSPS) is 14.9. The van der Waals surface area contributed by atoms with Gasteiger partial charge in [0.15, 0.2) is 0 Å². The molecular weight excluding hydrogens is 366 g/mol. The first-order chi connectivity index (χ1) is 13.4. The lowest BCUT2D eigenvalue weighted by atomic mass is 10.1. The fourth-order valence-electron chi connectivity index (χ4n) is 3.06. The number of hydrogen-bond acceptors (Lipinski definition) is 6. The third-order valence-corrected chi connectivity index (χ3v) is 4.35. The summed E-state index contributed by atoms with van der Waals surface area (Å²) in [6, 6.07) is 5.95. The van der Waals surface area contributed by atoms with E-state index in [9.17, 15) is 19.7 Å². The lowest BCUT2D eigenvalue weighted by Crippen LogP contribution is -2.31. The van der Waals surface area contributed by atoms with Gasteiger partial charge in [0.2, 0.25) is 5.91 Å². The molecule has 0 spiro atoms. The minimum atomic E-state index is -0.617. The van der Waals surface area contributed by atoms with Gasteiger partial charge < -0.3 is 14.8 Å². The van der Waals surface area contributed by atoms with E-state index >= 15 is 0 Å². The van der Waals surface area contributed by atoms with E-state index in [4.69, 9.17) is 9.47 Å². The van der Waals surface area contributed by atoms with Gasteiger partial charge >= 0.3 is 0 Å². The second kappa shape index (κ2) is 8.12. The van der Waals surface area contributed by atoms with E-state index in [1.54, 1.807) is 0 Å². The maximum absolute atomic E-state index is 12.3. The molecule has 1 amide bonds. The van der Waals surface area contributed by atoms with Crippen LogP contribution in [0.1, 0.15) is 25.0 Å². The van der Waals surface area contributed by atoms with Crippen LogP contribution in [-0.4, -0.2) is 28.1 Å². The second-order valence-electron chi connectivity index (χ2n) is 6.52. The molecule has 3 rings (SSSR count). The highest BCUT2D eigenvalue weighted by Crippen LogP contribution is 2.35. The summed E-state index contributed by atoms with van der Waals surface area (Å²) in [5, 5.41) is 13.6. The zero-order valence-electron chi connectivity index (χ0n) is 15.6. The van der Waals surface area contributed by atoms with Crippen molar-refractivity contribution < 1.29 is 19.2 Å². The minimum Gasteiger partial charge on any atom is -0.494 e. The number of rotatable bonds is 7. The van der Waals surface area contributed by atoms with Gasteiger partial charge in [0.25, 0.3) is 11.2 Å². The quantitative estimate of drug-likeness (QED) is 0.573. The van der Waals surface area contributed by atoms with Gasteiger partial charge in [0.05, 0.1) is 17.7 Å². The van der Waals surface area contributed by atoms with Crippen molar-refractivity contribution in [2.75, 3.05) is 6.61 Å². The van der Waals surface area contributed by atoms with Crippen LogP contribution in [0.3, 0.4) is 0 Å². The molecule has 1 N–H and O–H groups in total. The molecule has 148 valence electrons. The molecule has 0 saturated carbocycles. The third kappa shape index (κ3) is 4.30. The number of ether oxygens (including phenoxy) is 2. The van der Waals surface area contributed by atoms with E-state index in [0.717, 1.165) is 46.2 Å². The van der Waals surface area contributed by atoms with Crippen molar-refractivity contribution in [3.63, 3.8) is 0 Å². The molecule has 0 aliphatic carbocycles. The average Bonchev–Trinajstić information content (AvgIpc) is 3.00. The molecule has 0 radical (unpaired) electrons. The number of nitro groups is 1. The first-order valence-electron chi connectivity index (χ1n) is 8.94. The van der Waals surface area contributed by atoms with Crippen LogP contribution in [-0.2, 0) is 24.3 Å². The minimum absolute atomic E-state index is 0.0927. The van der Waals surface area contributed by atoms with E-state index < -0.39 is 16.4 Å². The summed E-state index contributed by atoms with van der Waals surface area (Å²) in [7, 11) is 0. The highest BCUT2D eigenvalue weighted by molar-refractivity contribution is 5.75. The third-order valence-electron chi connectivity index (χ3n) is 4.35. The van der Waals surface area contributed by atoms with E-state index in [-0.39, 0.29) is 24.9 Å². The van der Waals surface area contributed by atoms with Crippen molar-refractivity contribution in [3.05, 3.63) is 62.1 Å². The van der Waals surface area contributed by atoms with E-state index in [2.05, 4.69) is 5.32 Å². The van der Waals surface area contributed by atoms with Crippen LogP contribution in [0.15, 0.2) is 35.3 Å². The highest BCUT2D eigenvalue weighted by atomic mass is 16.6. The monoisotopic (exact) mass is 387 g/mol. The van der Waals surface area contributed by atoms with Gasteiger partial charge in [-0.05, 0) is 26.0 Å². The predicted octanol–water partition coefficient (Wildman–Crippen LogP) is 1.79. The zero-order chi connectivity index (χ0) is 20.3. The number of amides is 1. The van der Waals surface area contributed by atoms with Gasteiger partial charge in [-0.25, -0.2) is 0 Å². The number of fused-ring (bicyclic) bond motifs is 1. The van der Waals surface area contributed by atoms with Gasteiger partial charge in [0.1, 0.15) is 24.1 Å². The number of nitrogens with zero attached hydrogens (tertiary/aromatic N) is 2. The van der Waals surface area contributed by atoms with Crippen LogP contribution in [0, 0.1) is 10.1 Å². The predicted molar refractivity (Wildman–Crippen MR) is 101 cm³/mol. The highest BCUT2D eigenvalue weighted by Gasteiger charge is 2.22. The summed E-state index contributed by atoms with van der Waals surface area (Å²) in [6.45, 7) is 4.22. The molecule has 0 unspecified atom stereocenters. The Kier molecular flexibility index (Phi) is 5.62. The first-order valence-corrected chi connectivity index (χ1v) is 8.94. The molecule has 2 aromatic rings. The van der Waals surface area contributed by atoms with E-state index in [0.29, 0.717) is 12.4 Å². The summed E-state index contributed by atoms with van der Waals surface area (Å²) in [5.74, 6) is 1.00. The Hall–Kier alpha value is -3.36. The molecule has 0 bridgehead atoms. The van der Waals surface area contributed by atoms with Gasteiger partial charge in [-0.1, -0.05) is 0 Å². The molecule has 9 nitrogen and oxygen atoms in total. The lowest BCUT2D eigenvalue weighted by molar-refractivity contribution is -0.385. The van der Waals surface area contributed by atoms with Gasteiger partial charge in [-0.15, -0.1) is 0 Å². The van der Waals surface area contributed by atoms with Crippen molar-refractivity contribution in [2.45, 2.75) is 39.5 Å². The van der Waals surface area contributed by atoms with Crippen molar-refractivity contribution in [1.29, 1.82) is 0 Å². The van der Waals surface area contributed by atoms with Crippen LogP contribution in [0.4, 0.5) is 5.69 Å². The summed E-state index contributed by atoms with van der Waals surface area (Å²) < 4.78 is 12.4. The van der Waals surface area contributed by atoms with Crippen LogP contribution < -0.4 is 20.3 Å². The molecule has 28 heavy (non-hydrogen) atoms. The fraction of sp³-hybridized carbons (Fsp3) is 0.368. The Balaban J connectivity index is 1.71. The van der Waals surface area contributed by atoms with Crippen molar-refractivity contribution in [3.8, 4) is 11.5 Å². The lowest BCUT2D eigenvalue weighted by Gasteiger charge is -2.13. The number of hydrogen-bond donors (Lipinski definition) is 1. The number of carbonyl (C=O) groups excluding carboxylic acids is 1. The van der Waals surface area contributed by atoms with Gasteiger partial charge in [-0.2, -0.15) is 0 Å².